The average Bonchev–Trinajstić information content (AvgIpc) is 3.56. The molecule has 0 aliphatic heterocycles. The van der Waals surface area contributed by atoms with Crippen molar-refractivity contribution in [1.82, 2.24) is 9.97 Å². The summed E-state index contributed by atoms with van der Waals surface area (Å²) in [6.07, 6.45) is 4.96. The molecule has 4 nitrogen and oxygen atoms in total. The number of H-pyrrole nitrogens is 1. The van der Waals surface area contributed by atoms with E-state index in [-0.39, 0.29) is 11.1 Å². The second kappa shape index (κ2) is 5.61. The Bertz CT molecular complexity index is 1030. The molecule has 2 N–H and O–H groups in total. The third kappa shape index (κ3) is 2.71. The molecule has 26 heavy (non-hydrogen) atoms. The van der Waals surface area contributed by atoms with Crippen LogP contribution in [-0.2, 0) is 5.41 Å². The molecule has 5 heteroatoms. The van der Waals surface area contributed by atoms with E-state index in [9.17, 15) is 9.90 Å². The van der Waals surface area contributed by atoms with Crippen molar-refractivity contribution in [3.63, 3.8) is 0 Å². The first kappa shape index (κ1) is 15.9. The zero-order valence-electron chi connectivity index (χ0n) is 14.6. The molecule has 0 saturated heterocycles. The topological polar surface area (TPSA) is 66.0 Å². The maximum atomic E-state index is 11.2. The SMILES string of the molecule is CC1(c2[nH]c3cc(C4CC4)ccc3c2Sc2cccc(C(=O)O)n2)CC1. The van der Waals surface area contributed by atoms with Gasteiger partial charge in [0.2, 0.25) is 0 Å². The Morgan fingerprint density at radius 1 is 1.27 bits per heavy atom. The number of benzene rings is 1. The highest BCUT2D eigenvalue weighted by Gasteiger charge is 2.43. The van der Waals surface area contributed by atoms with Gasteiger partial charge < -0.3 is 10.1 Å². The van der Waals surface area contributed by atoms with Crippen LogP contribution in [0.1, 0.15) is 60.3 Å². The van der Waals surface area contributed by atoms with E-state index >= 15 is 0 Å². The molecule has 5 rings (SSSR count). The summed E-state index contributed by atoms with van der Waals surface area (Å²) in [6, 6.07) is 11.9. The lowest BCUT2D eigenvalue weighted by Gasteiger charge is -2.10. The van der Waals surface area contributed by atoms with Crippen molar-refractivity contribution in [2.75, 3.05) is 0 Å². The molecule has 2 aromatic heterocycles. The Kier molecular flexibility index (Phi) is 3.44. The Morgan fingerprint density at radius 2 is 2.08 bits per heavy atom. The fourth-order valence-electron chi connectivity index (χ4n) is 3.52. The molecule has 0 unspecified atom stereocenters. The lowest BCUT2D eigenvalue weighted by Crippen LogP contribution is -2.02. The van der Waals surface area contributed by atoms with Gasteiger partial charge in [0.25, 0.3) is 0 Å². The summed E-state index contributed by atoms with van der Waals surface area (Å²) in [5, 5.41) is 11.1. The molecule has 0 amide bonds. The maximum absolute atomic E-state index is 11.2. The summed E-state index contributed by atoms with van der Waals surface area (Å²) in [5.74, 6) is -0.262. The zero-order chi connectivity index (χ0) is 17.9. The first-order valence-corrected chi connectivity index (χ1v) is 9.89. The normalized spacial score (nSPS) is 18.2. The van der Waals surface area contributed by atoms with Gasteiger partial charge in [0.15, 0.2) is 0 Å². The average molecular weight is 364 g/mol. The van der Waals surface area contributed by atoms with Crippen molar-refractivity contribution in [3.05, 3.63) is 53.3 Å². The monoisotopic (exact) mass is 364 g/mol. The number of aromatic carboxylic acids is 1. The van der Waals surface area contributed by atoms with E-state index in [1.807, 2.05) is 6.07 Å². The van der Waals surface area contributed by atoms with Crippen LogP contribution in [0, 0.1) is 0 Å². The predicted molar refractivity (Wildman–Crippen MR) is 102 cm³/mol. The third-order valence-electron chi connectivity index (χ3n) is 5.58. The minimum absolute atomic E-state index is 0.0880. The first-order chi connectivity index (χ1) is 12.5. The van der Waals surface area contributed by atoms with Crippen LogP contribution in [0.15, 0.2) is 46.3 Å². The number of carbonyl (C=O) groups is 1. The maximum Gasteiger partial charge on any atom is 0.354 e. The third-order valence-corrected chi connectivity index (χ3v) is 6.64. The summed E-state index contributed by atoms with van der Waals surface area (Å²) in [6.45, 7) is 2.30. The van der Waals surface area contributed by atoms with Crippen molar-refractivity contribution < 1.29 is 9.90 Å². The van der Waals surface area contributed by atoms with Crippen molar-refractivity contribution in [2.24, 2.45) is 0 Å². The fraction of sp³-hybridized carbons (Fsp3) is 0.333. The van der Waals surface area contributed by atoms with Crippen molar-refractivity contribution in [1.29, 1.82) is 0 Å². The quantitative estimate of drug-likeness (QED) is 0.641. The molecule has 0 spiro atoms. The van der Waals surface area contributed by atoms with E-state index in [1.54, 1.807) is 17.8 Å². The molecule has 2 heterocycles. The largest absolute Gasteiger partial charge is 0.477 e. The van der Waals surface area contributed by atoms with E-state index in [1.165, 1.54) is 58.8 Å². The Balaban J connectivity index is 1.61. The van der Waals surface area contributed by atoms with Crippen molar-refractivity contribution in [2.45, 2.75) is 53.9 Å². The van der Waals surface area contributed by atoms with E-state index in [0.717, 1.165) is 10.9 Å². The Hall–Kier alpha value is -2.27. The van der Waals surface area contributed by atoms with Gasteiger partial charge in [-0.3, -0.25) is 0 Å². The molecule has 132 valence electrons. The van der Waals surface area contributed by atoms with E-state index < -0.39 is 5.97 Å². The molecular formula is C21H20N2O2S. The first-order valence-electron chi connectivity index (χ1n) is 9.08. The zero-order valence-corrected chi connectivity index (χ0v) is 15.4. The van der Waals surface area contributed by atoms with Gasteiger partial charge in [-0.15, -0.1) is 0 Å². The number of carboxylic acids is 1. The van der Waals surface area contributed by atoms with Crippen LogP contribution in [0.4, 0.5) is 0 Å². The molecule has 2 saturated carbocycles. The van der Waals surface area contributed by atoms with E-state index in [2.05, 4.69) is 35.1 Å². The van der Waals surface area contributed by atoms with Gasteiger partial charge in [-0.25, -0.2) is 9.78 Å². The molecular weight excluding hydrogens is 344 g/mol. The van der Waals surface area contributed by atoms with Gasteiger partial charge in [0.05, 0.1) is 0 Å². The van der Waals surface area contributed by atoms with E-state index in [0.29, 0.717) is 0 Å². The summed E-state index contributed by atoms with van der Waals surface area (Å²) >= 11 is 1.57. The number of aromatic nitrogens is 2. The molecule has 3 aromatic rings. The van der Waals surface area contributed by atoms with E-state index in [4.69, 9.17) is 0 Å². The standard InChI is InChI=1S/C21H20N2O2S/c1-21(9-10-21)19-18(26-17-4-2-3-15(22-17)20(24)25)14-8-7-13(12-5-6-12)11-16(14)23-19/h2-4,7-8,11-12,23H,5-6,9-10H2,1H3,(H,24,25). The fourth-order valence-corrected chi connectivity index (χ4v) is 4.71. The lowest BCUT2D eigenvalue weighted by atomic mass is 10.1. The second-order valence-corrected chi connectivity index (χ2v) is 8.77. The number of fused-ring (bicyclic) bond motifs is 1. The number of nitrogens with one attached hydrogen (secondary N) is 1. The van der Waals surface area contributed by atoms with Crippen molar-refractivity contribution >= 4 is 28.6 Å². The number of carboxylic acid groups (broad SMARTS) is 1. The van der Waals surface area contributed by atoms with Crippen LogP contribution in [0.5, 0.6) is 0 Å². The number of hydrogen-bond donors (Lipinski definition) is 2. The smallest absolute Gasteiger partial charge is 0.354 e. The van der Waals surface area contributed by atoms with Crippen LogP contribution >= 0.6 is 11.8 Å². The number of hydrogen-bond acceptors (Lipinski definition) is 3. The van der Waals surface area contributed by atoms with Gasteiger partial charge in [-0.2, -0.15) is 0 Å². The molecule has 0 bridgehead atoms. The van der Waals surface area contributed by atoms with Crippen LogP contribution in [0.2, 0.25) is 0 Å². The minimum Gasteiger partial charge on any atom is -0.477 e. The second-order valence-electron chi connectivity index (χ2n) is 7.74. The van der Waals surface area contributed by atoms with Crippen LogP contribution < -0.4 is 0 Å². The van der Waals surface area contributed by atoms with Crippen molar-refractivity contribution in [3.8, 4) is 0 Å². The molecule has 0 atom stereocenters. The van der Waals surface area contributed by atoms with Crippen LogP contribution in [0.3, 0.4) is 0 Å². The lowest BCUT2D eigenvalue weighted by molar-refractivity contribution is 0.0689. The highest BCUT2D eigenvalue weighted by Crippen LogP contribution is 2.53. The highest BCUT2D eigenvalue weighted by atomic mass is 32.2. The molecule has 2 fully saturated rings. The number of rotatable bonds is 5. The molecule has 1 aromatic carbocycles. The number of nitrogens with zero attached hydrogens (tertiary/aromatic N) is 1. The molecule has 2 aliphatic carbocycles. The summed E-state index contributed by atoms with van der Waals surface area (Å²) in [5.41, 5.74) is 4.17. The Morgan fingerprint density at radius 3 is 2.77 bits per heavy atom. The van der Waals surface area contributed by atoms with Gasteiger partial charge in [0, 0.05) is 26.9 Å². The van der Waals surface area contributed by atoms with Crippen LogP contribution in [-0.4, -0.2) is 21.0 Å². The summed E-state index contributed by atoms with van der Waals surface area (Å²) < 4.78 is 0. The molecule has 2 aliphatic rings. The Labute approximate surface area is 156 Å². The number of pyridine rings is 1. The summed E-state index contributed by atoms with van der Waals surface area (Å²) in [4.78, 5) is 20.4. The molecule has 0 radical (unpaired) electrons. The summed E-state index contributed by atoms with van der Waals surface area (Å²) in [7, 11) is 0. The number of aromatic amines is 1. The van der Waals surface area contributed by atoms with Gasteiger partial charge in [-0.1, -0.05) is 36.9 Å². The van der Waals surface area contributed by atoms with Gasteiger partial charge in [-0.05, 0) is 55.4 Å². The van der Waals surface area contributed by atoms with Gasteiger partial charge >= 0.3 is 5.97 Å². The van der Waals surface area contributed by atoms with Crippen LogP contribution in [0.25, 0.3) is 10.9 Å². The predicted octanol–water partition coefficient (Wildman–Crippen LogP) is 5.34. The minimum atomic E-state index is -0.991. The van der Waals surface area contributed by atoms with Gasteiger partial charge in [0.1, 0.15) is 10.7 Å². The highest BCUT2D eigenvalue weighted by molar-refractivity contribution is 7.99.